The fraction of sp³-hybridized carbons (Fsp3) is 0.538. The Hall–Kier alpha value is -0.770. The van der Waals surface area contributed by atoms with Crippen molar-refractivity contribution in [2.45, 2.75) is 19.3 Å². The van der Waals surface area contributed by atoms with Crippen molar-refractivity contribution in [3.63, 3.8) is 0 Å². The first kappa shape index (κ1) is 14.3. The lowest BCUT2D eigenvalue weighted by atomic mass is 10.1. The lowest BCUT2D eigenvalue weighted by molar-refractivity contribution is 0.409. The first-order valence-corrected chi connectivity index (χ1v) is 6.39. The molecule has 0 radical (unpaired) electrons. The second-order valence-electron chi connectivity index (χ2n) is 3.95. The van der Waals surface area contributed by atoms with E-state index in [0.717, 1.165) is 55.2 Å². The fourth-order valence-electron chi connectivity index (χ4n) is 1.68. The number of nitrogens with one attached hydrogen (secondary N) is 1. The number of nitrogens with two attached hydrogens (primary N) is 1. The second kappa shape index (κ2) is 8.34. The Morgan fingerprint density at radius 2 is 2.12 bits per heavy atom. The van der Waals surface area contributed by atoms with Crippen molar-refractivity contribution in [2.75, 3.05) is 26.7 Å². The number of rotatable bonds is 8. The van der Waals surface area contributed by atoms with E-state index in [2.05, 4.69) is 5.32 Å². The van der Waals surface area contributed by atoms with E-state index in [1.54, 1.807) is 7.11 Å². The third-order valence-electron chi connectivity index (χ3n) is 2.62. The smallest absolute Gasteiger partial charge is 0.122 e. The quantitative estimate of drug-likeness (QED) is 0.701. The van der Waals surface area contributed by atoms with E-state index in [1.807, 2.05) is 18.2 Å². The minimum atomic E-state index is 0.754. The molecule has 4 heteroatoms. The Kier molecular flexibility index (Phi) is 7.01. The van der Waals surface area contributed by atoms with Gasteiger partial charge >= 0.3 is 0 Å². The minimum Gasteiger partial charge on any atom is -0.496 e. The Morgan fingerprint density at radius 1 is 1.29 bits per heavy atom. The monoisotopic (exact) mass is 256 g/mol. The highest BCUT2D eigenvalue weighted by Gasteiger charge is 2.03. The molecule has 1 rings (SSSR count). The molecule has 0 saturated heterocycles. The molecule has 3 nitrogen and oxygen atoms in total. The van der Waals surface area contributed by atoms with Gasteiger partial charge in [0, 0.05) is 5.02 Å². The van der Waals surface area contributed by atoms with E-state index >= 15 is 0 Å². The van der Waals surface area contributed by atoms with Crippen molar-refractivity contribution in [3.05, 3.63) is 28.8 Å². The average Bonchev–Trinajstić information content (AvgIpc) is 2.34. The van der Waals surface area contributed by atoms with Gasteiger partial charge in [0.25, 0.3) is 0 Å². The van der Waals surface area contributed by atoms with Gasteiger partial charge in [-0.15, -0.1) is 0 Å². The van der Waals surface area contributed by atoms with Gasteiger partial charge in [0.1, 0.15) is 5.75 Å². The Balaban J connectivity index is 2.32. The molecule has 0 spiro atoms. The molecule has 0 aliphatic heterocycles. The normalized spacial score (nSPS) is 10.5. The molecular weight excluding hydrogens is 236 g/mol. The molecular formula is C13H21ClN2O. The number of benzene rings is 1. The molecule has 17 heavy (non-hydrogen) atoms. The van der Waals surface area contributed by atoms with Gasteiger partial charge in [-0.3, -0.25) is 0 Å². The topological polar surface area (TPSA) is 47.3 Å². The van der Waals surface area contributed by atoms with Crippen LogP contribution in [-0.2, 0) is 6.42 Å². The number of unbranched alkanes of at least 4 members (excludes halogenated alkanes) is 1. The maximum Gasteiger partial charge on any atom is 0.122 e. The van der Waals surface area contributed by atoms with Crippen molar-refractivity contribution in [1.29, 1.82) is 0 Å². The summed E-state index contributed by atoms with van der Waals surface area (Å²) >= 11 is 5.97. The summed E-state index contributed by atoms with van der Waals surface area (Å²) in [6.45, 7) is 2.71. The predicted molar refractivity (Wildman–Crippen MR) is 72.9 cm³/mol. The van der Waals surface area contributed by atoms with Crippen LogP contribution < -0.4 is 15.8 Å². The van der Waals surface area contributed by atoms with E-state index in [0.29, 0.717) is 0 Å². The van der Waals surface area contributed by atoms with Crippen LogP contribution >= 0.6 is 11.6 Å². The van der Waals surface area contributed by atoms with Crippen LogP contribution in [0, 0.1) is 0 Å². The molecule has 0 aliphatic carbocycles. The number of halogens is 1. The standard InChI is InChI=1S/C13H21ClN2O/c1-17-13-5-4-12(14)10-11(13)6-9-16-8-3-2-7-15/h4-5,10,16H,2-3,6-9,15H2,1H3. The summed E-state index contributed by atoms with van der Waals surface area (Å²) in [5, 5.41) is 4.14. The number of hydrogen-bond donors (Lipinski definition) is 2. The van der Waals surface area contributed by atoms with Gasteiger partial charge < -0.3 is 15.8 Å². The van der Waals surface area contributed by atoms with Crippen LogP contribution in [-0.4, -0.2) is 26.7 Å². The van der Waals surface area contributed by atoms with Gasteiger partial charge in [0.05, 0.1) is 7.11 Å². The van der Waals surface area contributed by atoms with Crippen molar-refractivity contribution >= 4 is 11.6 Å². The number of hydrogen-bond acceptors (Lipinski definition) is 3. The molecule has 0 amide bonds. The molecule has 3 N–H and O–H groups in total. The molecule has 0 fully saturated rings. The van der Waals surface area contributed by atoms with Gasteiger partial charge in [-0.2, -0.15) is 0 Å². The van der Waals surface area contributed by atoms with E-state index in [4.69, 9.17) is 22.1 Å². The largest absolute Gasteiger partial charge is 0.496 e. The van der Waals surface area contributed by atoms with E-state index in [1.165, 1.54) is 0 Å². The summed E-state index contributed by atoms with van der Waals surface area (Å²) in [5.74, 6) is 0.901. The van der Waals surface area contributed by atoms with Crippen LogP contribution in [0.1, 0.15) is 18.4 Å². The first-order valence-electron chi connectivity index (χ1n) is 6.01. The summed E-state index contributed by atoms with van der Waals surface area (Å²) in [5.41, 5.74) is 6.57. The molecule has 0 unspecified atom stereocenters. The van der Waals surface area contributed by atoms with Crippen LogP contribution in [0.3, 0.4) is 0 Å². The van der Waals surface area contributed by atoms with Crippen LogP contribution in [0.2, 0.25) is 5.02 Å². The molecule has 0 aromatic heterocycles. The molecule has 1 aromatic carbocycles. The number of ether oxygens (including phenoxy) is 1. The lowest BCUT2D eigenvalue weighted by Crippen LogP contribution is -2.19. The Labute approximate surface area is 108 Å². The molecule has 1 aromatic rings. The van der Waals surface area contributed by atoms with Gasteiger partial charge in [-0.25, -0.2) is 0 Å². The molecule has 0 aliphatic rings. The van der Waals surface area contributed by atoms with Crippen LogP contribution in [0.25, 0.3) is 0 Å². The predicted octanol–water partition coefficient (Wildman–Crippen LogP) is 2.22. The third kappa shape index (κ3) is 5.39. The fourth-order valence-corrected chi connectivity index (χ4v) is 1.88. The summed E-state index contributed by atoms with van der Waals surface area (Å²) in [4.78, 5) is 0. The van der Waals surface area contributed by atoms with Crippen molar-refractivity contribution in [3.8, 4) is 5.75 Å². The van der Waals surface area contributed by atoms with E-state index in [9.17, 15) is 0 Å². The zero-order chi connectivity index (χ0) is 12.5. The average molecular weight is 257 g/mol. The van der Waals surface area contributed by atoms with Crippen molar-refractivity contribution in [1.82, 2.24) is 5.32 Å². The van der Waals surface area contributed by atoms with E-state index < -0.39 is 0 Å². The van der Waals surface area contributed by atoms with E-state index in [-0.39, 0.29) is 0 Å². The second-order valence-corrected chi connectivity index (χ2v) is 4.39. The van der Waals surface area contributed by atoms with Crippen LogP contribution in [0.5, 0.6) is 5.75 Å². The maximum atomic E-state index is 5.97. The third-order valence-corrected chi connectivity index (χ3v) is 2.86. The number of methoxy groups -OCH3 is 1. The van der Waals surface area contributed by atoms with Crippen molar-refractivity contribution in [2.24, 2.45) is 5.73 Å². The highest BCUT2D eigenvalue weighted by Crippen LogP contribution is 2.22. The van der Waals surface area contributed by atoms with Crippen molar-refractivity contribution < 1.29 is 4.74 Å². The first-order chi connectivity index (χ1) is 8.27. The summed E-state index contributed by atoms with van der Waals surface area (Å²) < 4.78 is 5.29. The maximum absolute atomic E-state index is 5.97. The van der Waals surface area contributed by atoms with Crippen LogP contribution in [0.15, 0.2) is 18.2 Å². The van der Waals surface area contributed by atoms with Gasteiger partial charge in [-0.1, -0.05) is 11.6 Å². The lowest BCUT2D eigenvalue weighted by Gasteiger charge is -2.09. The summed E-state index contributed by atoms with van der Waals surface area (Å²) in [6, 6.07) is 5.71. The zero-order valence-corrected chi connectivity index (χ0v) is 11.1. The van der Waals surface area contributed by atoms with Crippen LogP contribution in [0.4, 0.5) is 0 Å². The summed E-state index contributed by atoms with van der Waals surface area (Å²) in [6.07, 6.45) is 3.13. The molecule has 0 saturated carbocycles. The molecule has 0 atom stereocenters. The van der Waals surface area contributed by atoms with Gasteiger partial charge in [-0.05, 0) is 62.7 Å². The highest BCUT2D eigenvalue weighted by molar-refractivity contribution is 6.30. The highest BCUT2D eigenvalue weighted by atomic mass is 35.5. The zero-order valence-electron chi connectivity index (χ0n) is 10.3. The Bertz CT molecular complexity index is 331. The minimum absolute atomic E-state index is 0.754. The molecule has 0 bridgehead atoms. The van der Waals surface area contributed by atoms with Gasteiger partial charge in [0.15, 0.2) is 0 Å². The SMILES string of the molecule is COc1ccc(Cl)cc1CCNCCCCN. The molecule has 0 heterocycles. The van der Waals surface area contributed by atoms with Gasteiger partial charge in [0.2, 0.25) is 0 Å². The Morgan fingerprint density at radius 3 is 2.82 bits per heavy atom. The molecule has 96 valence electrons. The summed E-state index contributed by atoms with van der Waals surface area (Å²) in [7, 11) is 1.68.